The Morgan fingerprint density at radius 2 is 1.84 bits per heavy atom. The molecule has 2 aromatic rings. The summed E-state index contributed by atoms with van der Waals surface area (Å²) in [6, 6.07) is 10.0. The highest BCUT2D eigenvalue weighted by Crippen LogP contribution is 2.31. The fourth-order valence-electron chi connectivity index (χ4n) is 4.41. The Morgan fingerprint density at radius 3 is 2.47 bits per heavy atom. The lowest BCUT2D eigenvalue weighted by molar-refractivity contribution is -0.151. The maximum Gasteiger partial charge on any atom is 0.313 e. The first kappa shape index (κ1) is 22.1. The number of carbonyl (C=O) groups excluding carboxylic acids is 1. The molecule has 1 aromatic heterocycles. The van der Waals surface area contributed by atoms with Crippen molar-refractivity contribution in [2.45, 2.75) is 12.8 Å². The maximum atomic E-state index is 12.8. The Morgan fingerprint density at radius 1 is 1.12 bits per heavy atom. The summed E-state index contributed by atoms with van der Waals surface area (Å²) in [6.45, 7) is 2.58. The third-order valence-corrected chi connectivity index (χ3v) is 6.31. The predicted octanol–water partition coefficient (Wildman–Crippen LogP) is 2.18. The van der Waals surface area contributed by atoms with E-state index in [0.29, 0.717) is 31.9 Å². The van der Waals surface area contributed by atoms with Crippen LogP contribution >= 0.6 is 0 Å². The molecule has 2 aliphatic heterocycles. The molecule has 1 fully saturated rings. The molecule has 1 atom stereocenters. The summed E-state index contributed by atoms with van der Waals surface area (Å²) in [6.07, 6.45) is 6.92. The van der Waals surface area contributed by atoms with Gasteiger partial charge in [-0.15, -0.1) is 0 Å². The van der Waals surface area contributed by atoms with Crippen molar-refractivity contribution in [1.29, 1.82) is 0 Å². The van der Waals surface area contributed by atoms with Crippen molar-refractivity contribution in [1.82, 2.24) is 19.8 Å². The number of amides is 1. The zero-order valence-corrected chi connectivity index (χ0v) is 18.2. The smallest absolute Gasteiger partial charge is 0.313 e. The Balaban J connectivity index is 1.33. The topological polar surface area (TPSA) is 95.9 Å². The number of ether oxygens (including phenoxy) is 1. The number of carboxylic acids is 1. The molecular formula is C24H28N4O4. The highest BCUT2D eigenvalue weighted by Gasteiger charge is 2.46. The van der Waals surface area contributed by atoms with Crippen LogP contribution in [0, 0.1) is 5.41 Å². The third kappa shape index (κ3) is 4.71. The van der Waals surface area contributed by atoms with Crippen LogP contribution in [0.3, 0.4) is 0 Å². The number of nitrogens with zero attached hydrogens (tertiary/aromatic N) is 4. The van der Waals surface area contributed by atoms with Crippen molar-refractivity contribution in [2.75, 3.05) is 46.4 Å². The van der Waals surface area contributed by atoms with E-state index in [1.165, 1.54) is 18.2 Å². The minimum atomic E-state index is -0.990. The fraction of sp³-hybridized carbons (Fsp3) is 0.417. The Kier molecular flexibility index (Phi) is 6.62. The number of hydrogen-bond donors (Lipinski definition) is 1. The molecular weight excluding hydrogens is 408 g/mol. The molecule has 0 saturated carbocycles. The summed E-state index contributed by atoms with van der Waals surface area (Å²) in [4.78, 5) is 36.8. The van der Waals surface area contributed by atoms with Crippen LogP contribution in [0.15, 0.2) is 48.8 Å². The van der Waals surface area contributed by atoms with E-state index in [-0.39, 0.29) is 19.1 Å². The quantitative estimate of drug-likeness (QED) is 0.711. The second-order valence-electron chi connectivity index (χ2n) is 8.45. The van der Waals surface area contributed by atoms with Gasteiger partial charge >= 0.3 is 5.97 Å². The zero-order valence-electron chi connectivity index (χ0n) is 18.2. The van der Waals surface area contributed by atoms with E-state index in [1.54, 1.807) is 23.4 Å². The zero-order chi connectivity index (χ0) is 22.6. The van der Waals surface area contributed by atoms with Crippen molar-refractivity contribution < 1.29 is 19.4 Å². The van der Waals surface area contributed by atoms with Crippen molar-refractivity contribution in [3.05, 3.63) is 54.4 Å². The number of likely N-dealkylation sites (tertiary alicyclic amines) is 1. The molecule has 1 N–H and O–H groups in total. The van der Waals surface area contributed by atoms with E-state index < -0.39 is 11.4 Å². The molecule has 32 heavy (non-hydrogen) atoms. The second-order valence-corrected chi connectivity index (χ2v) is 8.45. The van der Waals surface area contributed by atoms with Gasteiger partial charge in [-0.05, 0) is 30.0 Å². The highest BCUT2D eigenvalue weighted by atomic mass is 16.5. The van der Waals surface area contributed by atoms with Crippen LogP contribution in [0.5, 0.6) is 0 Å². The van der Waals surface area contributed by atoms with Gasteiger partial charge in [0.1, 0.15) is 5.41 Å². The van der Waals surface area contributed by atoms with E-state index in [0.717, 1.165) is 18.5 Å². The highest BCUT2D eigenvalue weighted by molar-refractivity contribution is 5.82. The Labute approximate surface area is 187 Å². The van der Waals surface area contributed by atoms with Crippen LogP contribution in [0.2, 0.25) is 0 Å². The van der Waals surface area contributed by atoms with E-state index in [9.17, 15) is 14.7 Å². The van der Waals surface area contributed by atoms with E-state index in [4.69, 9.17) is 4.74 Å². The molecule has 1 unspecified atom stereocenters. The molecule has 1 saturated heterocycles. The van der Waals surface area contributed by atoms with Gasteiger partial charge in [-0.3, -0.25) is 14.5 Å². The van der Waals surface area contributed by atoms with Crippen LogP contribution in [-0.2, 0) is 14.3 Å². The van der Waals surface area contributed by atoms with Crippen LogP contribution in [0.4, 0.5) is 0 Å². The van der Waals surface area contributed by atoms with Gasteiger partial charge in [-0.2, -0.15) is 0 Å². The van der Waals surface area contributed by atoms with Crippen molar-refractivity contribution in [3.63, 3.8) is 0 Å². The Hall–Kier alpha value is -3.10. The first-order chi connectivity index (χ1) is 15.5. The number of carboxylic acid groups (broad SMARTS) is 1. The van der Waals surface area contributed by atoms with Gasteiger partial charge < -0.3 is 14.7 Å². The first-order valence-electron chi connectivity index (χ1n) is 10.8. The van der Waals surface area contributed by atoms with Gasteiger partial charge in [-0.1, -0.05) is 30.3 Å². The lowest BCUT2D eigenvalue weighted by Crippen LogP contribution is -2.44. The number of hydrogen-bond acceptors (Lipinski definition) is 6. The lowest BCUT2D eigenvalue weighted by Gasteiger charge is -2.29. The fourth-order valence-corrected chi connectivity index (χ4v) is 4.41. The average molecular weight is 437 g/mol. The summed E-state index contributed by atoms with van der Waals surface area (Å²) in [5.74, 6) is -0.209. The number of methoxy groups -OCH3 is 1. The minimum Gasteiger partial charge on any atom is -0.481 e. The molecule has 4 rings (SSSR count). The van der Waals surface area contributed by atoms with E-state index in [2.05, 4.69) is 33.1 Å². The number of benzene rings is 1. The molecule has 3 heterocycles. The SMILES string of the molecule is COCC1(C(=O)O)CCN(C(=O)CN2CC=C(c3ccc(-c4ncccn4)cc3)CC2)C1. The molecule has 0 aliphatic carbocycles. The maximum absolute atomic E-state index is 12.8. The van der Waals surface area contributed by atoms with Crippen LogP contribution in [0.1, 0.15) is 18.4 Å². The van der Waals surface area contributed by atoms with Gasteiger partial charge in [-0.25, -0.2) is 9.97 Å². The van der Waals surface area contributed by atoms with E-state index in [1.807, 2.05) is 12.1 Å². The van der Waals surface area contributed by atoms with Crippen LogP contribution in [-0.4, -0.2) is 83.2 Å². The normalized spacial score (nSPS) is 21.4. The lowest BCUT2D eigenvalue weighted by atomic mass is 9.88. The average Bonchev–Trinajstić information content (AvgIpc) is 3.26. The number of aliphatic carboxylic acids is 1. The summed E-state index contributed by atoms with van der Waals surface area (Å²) in [5.41, 5.74) is 2.42. The number of aromatic nitrogens is 2. The van der Waals surface area contributed by atoms with Gasteiger partial charge in [0.05, 0.1) is 13.2 Å². The van der Waals surface area contributed by atoms with E-state index >= 15 is 0 Å². The molecule has 0 bridgehead atoms. The van der Waals surface area contributed by atoms with Gasteiger partial charge in [0.2, 0.25) is 5.91 Å². The Bertz CT molecular complexity index is 993. The minimum absolute atomic E-state index is 0.0201. The molecule has 1 aromatic carbocycles. The summed E-state index contributed by atoms with van der Waals surface area (Å²) in [7, 11) is 1.50. The summed E-state index contributed by atoms with van der Waals surface area (Å²) >= 11 is 0. The van der Waals surface area contributed by atoms with Crippen LogP contribution in [0.25, 0.3) is 17.0 Å². The van der Waals surface area contributed by atoms with Crippen molar-refractivity contribution in [2.24, 2.45) is 5.41 Å². The molecule has 8 heteroatoms. The number of rotatable bonds is 7. The summed E-state index contributed by atoms with van der Waals surface area (Å²) in [5, 5.41) is 9.59. The predicted molar refractivity (Wildman–Crippen MR) is 120 cm³/mol. The molecule has 8 nitrogen and oxygen atoms in total. The standard InChI is InChI=1S/C24H28N4O4/c1-32-17-24(23(30)31)9-14-28(16-24)21(29)15-27-12-7-19(8-13-27)18-3-5-20(6-4-18)22-25-10-2-11-26-22/h2-7,10-11H,8-9,12-17H2,1H3,(H,30,31). The molecule has 0 spiro atoms. The van der Waals surface area contributed by atoms with Crippen molar-refractivity contribution in [3.8, 4) is 11.4 Å². The molecule has 2 aliphatic rings. The first-order valence-corrected chi connectivity index (χ1v) is 10.8. The summed E-state index contributed by atoms with van der Waals surface area (Å²) < 4.78 is 5.11. The molecule has 168 valence electrons. The van der Waals surface area contributed by atoms with Crippen LogP contribution < -0.4 is 0 Å². The third-order valence-electron chi connectivity index (χ3n) is 6.31. The van der Waals surface area contributed by atoms with Gasteiger partial charge in [0.25, 0.3) is 0 Å². The van der Waals surface area contributed by atoms with Gasteiger partial charge in [0, 0.05) is 51.2 Å². The van der Waals surface area contributed by atoms with Crippen molar-refractivity contribution >= 4 is 17.4 Å². The van der Waals surface area contributed by atoms with Gasteiger partial charge in [0.15, 0.2) is 5.82 Å². The number of carbonyl (C=O) groups is 2. The molecule has 0 radical (unpaired) electrons. The largest absolute Gasteiger partial charge is 0.481 e. The molecule has 1 amide bonds. The monoisotopic (exact) mass is 436 g/mol. The second kappa shape index (κ2) is 9.58.